The molecule has 39 heavy (non-hydrogen) atoms. The van der Waals surface area contributed by atoms with Gasteiger partial charge in [-0.25, -0.2) is 0 Å². The van der Waals surface area contributed by atoms with Crippen molar-refractivity contribution in [2.24, 2.45) is 11.7 Å². The van der Waals surface area contributed by atoms with E-state index in [4.69, 9.17) is 22.1 Å². The highest BCUT2D eigenvalue weighted by Crippen LogP contribution is 2.35. The molecule has 3 N–H and O–H groups in total. The Kier molecular flexibility index (Phi) is 10.4. The minimum atomic E-state index is -3.33. The summed E-state index contributed by atoms with van der Waals surface area (Å²) in [6.45, 7) is 8.98. The predicted molar refractivity (Wildman–Crippen MR) is 151 cm³/mol. The standard InChI is InChI=1S/C30H36ClF2N3O3/c1-5-30(32,33)26-15-22(7-8-27(26)31)28(37)9-6-21(16-34)17-36-18-24-14-25(29(38)35-10-11-39-4)19(2)12-23(24)13-20(36)3/h5,7-8,12-15,18,20-21H,1,6,9-11,16-17,34H2,2-4H3,(H,35,38). The second-order valence-corrected chi connectivity index (χ2v) is 10.3. The highest BCUT2D eigenvalue weighted by Gasteiger charge is 2.30. The Hall–Kier alpha value is -3.07. The predicted octanol–water partition coefficient (Wildman–Crippen LogP) is 3.76. The van der Waals surface area contributed by atoms with Crippen LogP contribution in [0.25, 0.3) is 12.3 Å². The fourth-order valence-electron chi connectivity index (χ4n) is 4.61. The van der Waals surface area contributed by atoms with Gasteiger partial charge in [-0.05, 0) is 79.1 Å². The van der Waals surface area contributed by atoms with Gasteiger partial charge >= 0.3 is 0 Å². The average Bonchev–Trinajstić information content (AvgIpc) is 2.91. The number of nitrogens with zero attached hydrogens (tertiary/aromatic N) is 1. The number of carbonyl (C=O) groups excluding carboxylic acids is 2. The third-order valence-corrected chi connectivity index (χ3v) is 7.33. The molecule has 0 bridgehead atoms. The van der Waals surface area contributed by atoms with Crippen molar-refractivity contribution in [2.45, 2.75) is 38.7 Å². The Morgan fingerprint density at radius 3 is 2.69 bits per heavy atom. The van der Waals surface area contributed by atoms with Gasteiger partial charge in [0.1, 0.15) is 0 Å². The van der Waals surface area contributed by atoms with Gasteiger partial charge in [0.15, 0.2) is 5.78 Å². The molecule has 210 valence electrons. The summed E-state index contributed by atoms with van der Waals surface area (Å²) < 4.78 is 33.3. The van der Waals surface area contributed by atoms with Crippen molar-refractivity contribution in [3.8, 4) is 0 Å². The molecule has 1 amide bonds. The maximum atomic E-state index is 14.2. The first-order chi connectivity index (χ1) is 18.5. The number of amides is 1. The van der Waals surface area contributed by atoms with Gasteiger partial charge in [0, 0.05) is 55.6 Å². The lowest BCUT2D eigenvalue weighted by molar-refractivity contribution is 0.0526. The molecule has 0 saturated heterocycles. The molecule has 1 aliphatic rings. The van der Waals surface area contributed by atoms with Crippen molar-refractivity contribution in [1.82, 2.24) is 10.2 Å². The normalized spacial score (nSPS) is 15.6. The summed E-state index contributed by atoms with van der Waals surface area (Å²) in [4.78, 5) is 27.7. The number of alkyl halides is 2. The molecule has 1 heterocycles. The van der Waals surface area contributed by atoms with E-state index in [0.29, 0.717) is 44.3 Å². The molecule has 1 aliphatic heterocycles. The van der Waals surface area contributed by atoms with Crippen LogP contribution in [0.2, 0.25) is 5.02 Å². The molecule has 0 aliphatic carbocycles. The summed E-state index contributed by atoms with van der Waals surface area (Å²) in [5, 5.41) is 4.73. The Labute approximate surface area is 233 Å². The molecule has 2 aromatic carbocycles. The van der Waals surface area contributed by atoms with Crippen LogP contribution < -0.4 is 21.5 Å². The number of ether oxygens (including phenoxy) is 1. The van der Waals surface area contributed by atoms with Gasteiger partial charge in [0.05, 0.1) is 11.6 Å². The van der Waals surface area contributed by atoms with Crippen LogP contribution in [0, 0.1) is 12.8 Å². The molecule has 0 fully saturated rings. The van der Waals surface area contributed by atoms with E-state index in [-0.39, 0.29) is 40.7 Å². The Morgan fingerprint density at radius 2 is 2.03 bits per heavy atom. The molecule has 3 rings (SSSR count). The fourth-order valence-corrected chi connectivity index (χ4v) is 4.85. The topological polar surface area (TPSA) is 84.7 Å². The lowest BCUT2D eigenvalue weighted by Gasteiger charge is -2.32. The van der Waals surface area contributed by atoms with Crippen LogP contribution in [0.4, 0.5) is 8.78 Å². The van der Waals surface area contributed by atoms with Crippen molar-refractivity contribution in [1.29, 1.82) is 0 Å². The molecule has 0 saturated carbocycles. The highest BCUT2D eigenvalue weighted by molar-refractivity contribution is 6.31. The quantitative estimate of drug-likeness (QED) is 0.222. The molecular weight excluding hydrogens is 524 g/mol. The van der Waals surface area contributed by atoms with Gasteiger partial charge in [-0.3, -0.25) is 9.59 Å². The molecule has 2 atom stereocenters. The lowest BCUT2D eigenvalue weighted by atomic mass is 9.95. The number of rotatable bonds is 13. The Balaban J connectivity index is 1.72. The minimum Gasteiger partial charge on any atom is -0.383 e. The van der Waals surface area contributed by atoms with E-state index < -0.39 is 11.5 Å². The van der Waals surface area contributed by atoms with Gasteiger partial charge in [0.2, 0.25) is 0 Å². The summed E-state index contributed by atoms with van der Waals surface area (Å²) in [7, 11) is 1.58. The van der Waals surface area contributed by atoms with Crippen LogP contribution in [0.1, 0.15) is 51.6 Å². The molecule has 0 spiro atoms. The van der Waals surface area contributed by atoms with Gasteiger partial charge < -0.3 is 20.7 Å². The van der Waals surface area contributed by atoms with E-state index >= 15 is 0 Å². The largest absolute Gasteiger partial charge is 0.383 e. The maximum Gasteiger partial charge on any atom is 0.292 e. The summed E-state index contributed by atoms with van der Waals surface area (Å²) in [5.74, 6) is -3.74. The molecule has 0 radical (unpaired) electrons. The number of allylic oxidation sites excluding steroid dienone is 1. The average molecular weight is 560 g/mol. The van der Waals surface area contributed by atoms with Crippen LogP contribution in [-0.2, 0) is 10.7 Å². The van der Waals surface area contributed by atoms with Gasteiger partial charge in [-0.1, -0.05) is 30.3 Å². The van der Waals surface area contributed by atoms with Gasteiger partial charge in [-0.2, -0.15) is 8.78 Å². The number of halogens is 3. The number of nitrogens with two attached hydrogens (primary N) is 1. The van der Waals surface area contributed by atoms with E-state index in [9.17, 15) is 18.4 Å². The summed E-state index contributed by atoms with van der Waals surface area (Å²) in [6, 6.07) is 7.90. The molecule has 2 unspecified atom stereocenters. The maximum absolute atomic E-state index is 14.2. The number of benzene rings is 2. The second kappa shape index (κ2) is 13.3. The zero-order chi connectivity index (χ0) is 28.7. The number of nitrogens with one attached hydrogen (secondary N) is 1. The summed E-state index contributed by atoms with van der Waals surface area (Å²) in [6.07, 6.45) is 5.34. The molecule has 0 aromatic heterocycles. The first-order valence-electron chi connectivity index (χ1n) is 12.9. The Bertz CT molecular complexity index is 1350. The Morgan fingerprint density at radius 1 is 1.28 bits per heavy atom. The summed E-state index contributed by atoms with van der Waals surface area (Å²) >= 11 is 5.94. The minimum absolute atomic E-state index is 0.00810. The third kappa shape index (κ3) is 7.53. The van der Waals surface area contributed by atoms with Crippen LogP contribution in [-0.4, -0.2) is 56.0 Å². The van der Waals surface area contributed by atoms with Crippen molar-refractivity contribution in [3.05, 3.63) is 80.7 Å². The van der Waals surface area contributed by atoms with E-state index in [1.54, 1.807) is 7.11 Å². The highest BCUT2D eigenvalue weighted by atomic mass is 35.5. The van der Waals surface area contributed by atoms with Crippen molar-refractivity contribution >= 4 is 35.6 Å². The van der Waals surface area contributed by atoms with E-state index in [1.165, 1.54) is 12.1 Å². The number of fused-ring (bicyclic) bond motifs is 1. The van der Waals surface area contributed by atoms with Crippen molar-refractivity contribution in [2.75, 3.05) is 33.4 Å². The number of hydrogen-bond donors (Lipinski definition) is 2. The van der Waals surface area contributed by atoms with Gasteiger partial charge in [-0.15, -0.1) is 0 Å². The molecule has 2 aromatic rings. The zero-order valence-electron chi connectivity index (χ0n) is 22.6. The van der Waals surface area contributed by atoms with Gasteiger partial charge in [0.25, 0.3) is 11.8 Å². The lowest BCUT2D eigenvalue weighted by Crippen LogP contribution is -2.43. The van der Waals surface area contributed by atoms with Crippen LogP contribution in [0.5, 0.6) is 0 Å². The van der Waals surface area contributed by atoms with E-state index in [2.05, 4.69) is 29.8 Å². The van der Waals surface area contributed by atoms with E-state index in [0.717, 1.165) is 22.1 Å². The van der Waals surface area contributed by atoms with Crippen LogP contribution >= 0.6 is 11.6 Å². The molecule has 6 nitrogen and oxygen atoms in total. The number of carbonyl (C=O) groups is 2. The van der Waals surface area contributed by atoms with Crippen LogP contribution in [0.3, 0.4) is 0 Å². The number of aryl methyl sites for hydroxylation is 1. The fraction of sp³-hybridized carbons (Fsp3) is 0.400. The second-order valence-electron chi connectivity index (χ2n) is 9.86. The van der Waals surface area contributed by atoms with Crippen LogP contribution in [0.15, 0.2) is 43.0 Å². The van der Waals surface area contributed by atoms with Crippen molar-refractivity contribution in [3.63, 3.8) is 0 Å². The first kappa shape index (κ1) is 30.5. The van der Waals surface area contributed by atoms with Crippen molar-refractivity contribution < 1.29 is 23.1 Å². The number of Topliss-reactive ketones (excluding diaryl/α,β-unsaturated/α-hetero) is 1. The number of ketones is 1. The monoisotopic (exact) mass is 559 g/mol. The third-order valence-electron chi connectivity index (χ3n) is 7.00. The first-order valence-corrected chi connectivity index (χ1v) is 13.3. The number of hydrogen-bond acceptors (Lipinski definition) is 5. The zero-order valence-corrected chi connectivity index (χ0v) is 23.4. The molecular formula is C30H36ClF2N3O3. The number of methoxy groups -OCH3 is 1. The SMILES string of the molecule is C=CC(F)(F)c1cc(C(=O)CCC(CN)CN2C=c3cc(C(=O)NCCOC)c(C)cc3=CC2C)ccc1Cl. The molecule has 9 heteroatoms. The summed E-state index contributed by atoms with van der Waals surface area (Å²) in [5.41, 5.74) is 7.30. The smallest absolute Gasteiger partial charge is 0.292 e. The van der Waals surface area contributed by atoms with E-state index in [1.807, 2.05) is 25.3 Å².